The van der Waals surface area contributed by atoms with E-state index in [1.807, 2.05) is 0 Å². The SMILES string of the molecule is CCCCCC(CCCCC)NCC(CC)CCCC. The van der Waals surface area contributed by atoms with Gasteiger partial charge in [0.2, 0.25) is 0 Å². The molecule has 20 heavy (non-hydrogen) atoms. The Morgan fingerprint density at radius 3 is 1.65 bits per heavy atom. The molecular weight excluding hydrogens is 242 g/mol. The maximum absolute atomic E-state index is 3.90. The molecule has 0 saturated heterocycles. The zero-order valence-electron chi connectivity index (χ0n) is 14.8. The van der Waals surface area contributed by atoms with Crippen molar-refractivity contribution >= 4 is 0 Å². The van der Waals surface area contributed by atoms with Crippen LogP contribution in [-0.4, -0.2) is 12.6 Å². The van der Waals surface area contributed by atoms with E-state index in [1.165, 1.54) is 83.6 Å². The van der Waals surface area contributed by atoms with Crippen LogP contribution < -0.4 is 5.32 Å². The Labute approximate surface area is 129 Å². The Morgan fingerprint density at radius 2 is 1.20 bits per heavy atom. The third-order valence-corrected chi connectivity index (χ3v) is 4.55. The number of unbranched alkanes of at least 4 members (excludes halogenated alkanes) is 5. The van der Waals surface area contributed by atoms with Gasteiger partial charge in [0.15, 0.2) is 0 Å². The summed E-state index contributed by atoms with van der Waals surface area (Å²) in [6.07, 6.45) is 16.6. The molecule has 1 atom stereocenters. The van der Waals surface area contributed by atoms with Gasteiger partial charge in [0, 0.05) is 6.04 Å². The third-order valence-electron chi connectivity index (χ3n) is 4.55. The first-order valence-electron chi connectivity index (χ1n) is 9.51. The molecule has 0 saturated carbocycles. The van der Waals surface area contributed by atoms with Crippen LogP contribution in [0.5, 0.6) is 0 Å². The minimum Gasteiger partial charge on any atom is -0.314 e. The third kappa shape index (κ3) is 11.8. The van der Waals surface area contributed by atoms with Crippen molar-refractivity contribution in [3.63, 3.8) is 0 Å². The first-order chi connectivity index (χ1) is 9.78. The molecular formula is C19H41N. The Kier molecular flexibility index (Phi) is 15.3. The highest BCUT2D eigenvalue weighted by Gasteiger charge is 2.11. The largest absolute Gasteiger partial charge is 0.314 e. The van der Waals surface area contributed by atoms with Crippen LogP contribution in [0.1, 0.15) is 105 Å². The van der Waals surface area contributed by atoms with Gasteiger partial charge in [-0.05, 0) is 31.7 Å². The van der Waals surface area contributed by atoms with Crippen molar-refractivity contribution in [2.45, 2.75) is 111 Å². The fraction of sp³-hybridized carbons (Fsp3) is 1.00. The summed E-state index contributed by atoms with van der Waals surface area (Å²) in [5, 5.41) is 3.90. The van der Waals surface area contributed by atoms with Crippen molar-refractivity contribution in [1.29, 1.82) is 0 Å². The van der Waals surface area contributed by atoms with Gasteiger partial charge in [-0.15, -0.1) is 0 Å². The standard InChI is InChI=1S/C19H41N/c1-5-9-12-15-19(16-13-10-6-2)20-17-18(8-4)14-11-7-3/h18-20H,5-17H2,1-4H3. The Bertz CT molecular complexity index is 169. The van der Waals surface area contributed by atoms with Crippen LogP contribution in [0.2, 0.25) is 0 Å². The van der Waals surface area contributed by atoms with Crippen LogP contribution in [0.25, 0.3) is 0 Å². The minimum absolute atomic E-state index is 0.781. The number of rotatable bonds is 15. The van der Waals surface area contributed by atoms with Crippen molar-refractivity contribution in [1.82, 2.24) is 5.32 Å². The molecule has 0 fully saturated rings. The van der Waals surface area contributed by atoms with E-state index in [4.69, 9.17) is 0 Å². The average molecular weight is 284 g/mol. The smallest absolute Gasteiger partial charge is 0.00671 e. The molecule has 1 unspecified atom stereocenters. The topological polar surface area (TPSA) is 12.0 Å². The van der Waals surface area contributed by atoms with Gasteiger partial charge in [0.1, 0.15) is 0 Å². The summed E-state index contributed by atoms with van der Waals surface area (Å²) in [7, 11) is 0. The summed E-state index contributed by atoms with van der Waals surface area (Å²) in [5.74, 6) is 0.898. The van der Waals surface area contributed by atoms with Gasteiger partial charge in [0.05, 0.1) is 0 Å². The first-order valence-corrected chi connectivity index (χ1v) is 9.51. The zero-order chi connectivity index (χ0) is 15.1. The summed E-state index contributed by atoms with van der Waals surface area (Å²) in [6, 6.07) is 0.781. The molecule has 0 rings (SSSR count). The molecule has 0 spiro atoms. The van der Waals surface area contributed by atoms with Crippen molar-refractivity contribution < 1.29 is 0 Å². The second kappa shape index (κ2) is 15.4. The molecule has 0 aliphatic carbocycles. The fourth-order valence-corrected chi connectivity index (χ4v) is 2.91. The van der Waals surface area contributed by atoms with Crippen LogP contribution in [0.15, 0.2) is 0 Å². The molecule has 0 aliphatic heterocycles. The highest BCUT2D eigenvalue weighted by atomic mass is 14.9. The van der Waals surface area contributed by atoms with Crippen LogP contribution in [-0.2, 0) is 0 Å². The summed E-state index contributed by atoms with van der Waals surface area (Å²) >= 11 is 0. The van der Waals surface area contributed by atoms with Crippen LogP contribution in [0, 0.1) is 5.92 Å². The van der Waals surface area contributed by atoms with Gasteiger partial charge in [0.25, 0.3) is 0 Å². The van der Waals surface area contributed by atoms with E-state index in [2.05, 4.69) is 33.0 Å². The molecule has 0 amide bonds. The van der Waals surface area contributed by atoms with Crippen LogP contribution in [0.4, 0.5) is 0 Å². The Hall–Kier alpha value is -0.0400. The molecule has 0 aliphatic rings. The van der Waals surface area contributed by atoms with E-state index in [0.717, 1.165) is 12.0 Å². The van der Waals surface area contributed by atoms with E-state index in [0.29, 0.717) is 0 Å². The molecule has 0 aromatic carbocycles. The summed E-state index contributed by atoms with van der Waals surface area (Å²) < 4.78 is 0. The van der Waals surface area contributed by atoms with Crippen molar-refractivity contribution in [3.8, 4) is 0 Å². The normalized spacial score (nSPS) is 13.1. The second-order valence-corrected chi connectivity index (χ2v) is 6.51. The van der Waals surface area contributed by atoms with E-state index >= 15 is 0 Å². The van der Waals surface area contributed by atoms with E-state index < -0.39 is 0 Å². The van der Waals surface area contributed by atoms with E-state index in [1.54, 1.807) is 0 Å². The van der Waals surface area contributed by atoms with Crippen LogP contribution >= 0.6 is 0 Å². The van der Waals surface area contributed by atoms with Gasteiger partial charge in [-0.2, -0.15) is 0 Å². The maximum Gasteiger partial charge on any atom is 0.00671 e. The van der Waals surface area contributed by atoms with Gasteiger partial charge in [-0.1, -0.05) is 85.5 Å². The summed E-state index contributed by atoms with van der Waals surface area (Å²) in [5.41, 5.74) is 0. The number of hydrogen-bond acceptors (Lipinski definition) is 1. The minimum atomic E-state index is 0.781. The van der Waals surface area contributed by atoms with Gasteiger partial charge >= 0.3 is 0 Å². The zero-order valence-corrected chi connectivity index (χ0v) is 14.8. The highest BCUT2D eigenvalue weighted by molar-refractivity contribution is 4.70. The van der Waals surface area contributed by atoms with Crippen molar-refractivity contribution in [2.24, 2.45) is 5.92 Å². The predicted molar refractivity (Wildman–Crippen MR) is 93.4 cm³/mol. The van der Waals surface area contributed by atoms with E-state index in [9.17, 15) is 0 Å². The molecule has 122 valence electrons. The molecule has 1 N–H and O–H groups in total. The molecule has 1 nitrogen and oxygen atoms in total. The van der Waals surface area contributed by atoms with Crippen LogP contribution in [0.3, 0.4) is 0 Å². The molecule has 0 aromatic rings. The van der Waals surface area contributed by atoms with E-state index in [-0.39, 0.29) is 0 Å². The lowest BCUT2D eigenvalue weighted by Crippen LogP contribution is -2.33. The van der Waals surface area contributed by atoms with Gasteiger partial charge < -0.3 is 5.32 Å². The average Bonchev–Trinajstić information content (AvgIpc) is 2.47. The van der Waals surface area contributed by atoms with Crippen molar-refractivity contribution in [3.05, 3.63) is 0 Å². The lowest BCUT2D eigenvalue weighted by molar-refractivity contribution is 0.355. The molecule has 1 heteroatoms. The second-order valence-electron chi connectivity index (χ2n) is 6.51. The molecule has 0 heterocycles. The Morgan fingerprint density at radius 1 is 0.650 bits per heavy atom. The number of nitrogens with one attached hydrogen (secondary N) is 1. The number of hydrogen-bond donors (Lipinski definition) is 1. The molecule has 0 aromatic heterocycles. The highest BCUT2D eigenvalue weighted by Crippen LogP contribution is 2.15. The lowest BCUT2D eigenvalue weighted by Gasteiger charge is -2.22. The van der Waals surface area contributed by atoms with Gasteiger partial charge in [-0.3, -0.25) is 0 Å². The monoisotopic (exact) mass is 283 g/mol. The Balaban J connectivity index is 3.96. The van der Waals surface area contributed by atoms with Gasteiger partial charge in [-0.25, -0.2) is 0 Å². The molecule has 0 bridgehead atoms. The fourth-order valence-electron chi connectivity index (χ4n) is 2.91. The summed E-state index contributed by atoms with van der Waals surface area (Å²) in [4.78, 5) is 0. The predicted octanol–water partition coefficient (Wildman–Crippen LogP) is 6.32. The first kappa shape index (κ1) is 20.0. The van der Waals surface area contributed by atoms with Crippen molar-refractivity contribution in [2.75, 3.05) is 6.54 Å². The lowest BCUT2D eigenvalue weighted by atomic mass is 9.97. The maximum atomic E-state index is 3.90. The summed E-state index contributed by atoms with van der Waals surface area (Å²) in [6.45, 7) is 10.5. The molecule has 0 radical (unpaired) electrons. The quantitative estimate of drug-likeness (QED) is 0.347.